The summed E-state index contributed by atoms with van der Waals surface area (Å²) in [6.45, 7) is -0.702. The highest BCUT2D eigenvalue weighted by Gasteiger charge is 2.17. The molecule has 0 atom stereocenters. The number of aromatic nitrogens is 2. The number of aromatic amines is 1. The standard InChI is InChI=1S/C11H15N3O6/c1-20-5-4-13(7-11(18)19)10(17)6-14-9(16)3-2-8(15)12-14/h2-3H,4-7H2,1H3,(H,12,15)(H,18,19). The predicted molar refractivity (Wildman–Crippen MR) is 67.4 cm³/mol. The third kappa shape index (κ3) is 4.69. The lowest BCUT2D eigenvalue weighted by Crippen LogP contribution is -2.42. The number of carbonyl (C=O) groups excluding carboxylic acids is 1. The van der Waals surface area contributed by atoms with Gasteiger partial charge in [0.25, 0.3) is 11.1 Å². The van der Waals surface area contributed by atoms with Gasteiger partial charge in [-0.25, -0.2) is 4.68 Å². The molecule has 0 unspecified atom stereocenters. The van der Waals surface area contributed by atoms with Crippen LogP contribution in [0, 0.1) is 0 Å². The van der Waals surface area contributed by atoms with E-state index in [1.165, 1.54) is 7.11 Å². The van der Waals surface area contributed by atoms with Crippen LogP contribution in [-0.2, 0) is 20.9 Å². The van der Waals surface area contributed by atoms with E-state index in [4.69, 9.17) is 9.84 Å². The minimum absolute atomic E-state index is 0.0768. The second kappa shape index (κ2) is 7.24. The summed E-state index contributed by atoms with van der Waals surface area (Å²) in [6.07, 6.45) is 0. The number of ether oxygens (including phenoxy) is 1. The molecule has 1 rings (SSSR count). The van der Waals surface area contributed by atoms with E-state index in [-0.39, 0.29) is 13.2 Å². The number of nitrogens with one attached hydrogen (secondary N) is 1. The number of nitrogens with zero attached hydrogens (tertiary/aromatic N) is 2. The van der Waals surface area contributed by atoms with Gasteiger partial charge < -0.3 is 14.7 Å². The Morgan fingerprint density at radius 3 is 2.70 bits per heavy atom. The molecule has 2 N–H and O–H groups in total. The number of carbonyl (C=O) groups is 2. The fourth-order valence-corrected chi connectivity index (χ4v) is 1.47. The molecule has 0 aliphatic heterocycles. The van der Waals surface area contributed by atoms with E-state index in [9.17, 15) is 19.2 Å². The molecule has 0 bridgehead atoms. The van der Waals surface area contributed by atoms with E-state index in [0.29, 0.717) is 0 Å². The monoisotopic (exact) mass is 285 g/mol. The molecule has 1 amide bonds. The number of H-pyrrole nitrogens is 1. The molecule has 0 radical (unpaired) electrons. The Balaban J connectivity index is 2.84. The number of methoxy groups -OCH3 is 1. The van der Waals surface area contributed by atoms with Crippen LogP contribution in [0.15, 0.2) is 21.7 Å². The van der Waals surface area contributed by atoms with Gasteiger partial charge in [-0.05, 0) is 0 Å². The van der Waals surface area contributed by atoms with Gasteiger partial charge in [-0.1, -0.05) is 0 Å². The highest BCUT2D eigenvalue weighted by molar-refractivity contribution is 5.81. The SMILES string of the molecule is COCCN(CC(=O)O)C(=O)Cn1[nH]c(=O)ccc1=O. The van der Waals surface area contributed by atoms with Crippen LogP contribution in [0.25, 0.3) is 0 Å². The zero-order chi connectivity index (χ0) is 15.1. The third-order valence-corrected chi connectivity index (χ3v) is 2.43. The van der Waals surface area contributed by atoms with Crippen LogP contribution in [0.2, 0.25) is 0 Å². The van der Waals surface area contributed by atoms with E-state index in [1.54, 1.807) is 0 Å². The Bertz CT molecular complexity index is 590. The Hall–Kier alpha value is -2.42. The molecular weight excluding hydrogens is 270 g/mol. The first-order valence-corrected chi connectivity index (χ1v) is 5.72. The Morgan fingerprint density at radius 2 is 2.10 bits per heavy atom. The Kier molecular flexibility index (Phi) is 5.66. The maximum absolute atomic E-state index is 11.9. The highest BCUT2D eigenvalue weighted by Crippen LogP contribution is 1.92. The van der Waals surface area contributed by atoms with Crippen LogP contribution in [0.4, 0.5) is 0 Å². The largest absolute Gasteiger partial charge is 0.480 e. The summed E-state index contributed by atoms with van der Waals surface area (Å²) in [5.41, 5.74) is -1.08. The fourth-order valence-electron chi connectivity index (χ4n) is 1.47. The lowest BCUT2D eigenvalue weighted by atomic mass is 10.4. The maximum Gasteiger partial charge on any atom is 0.323 e. The minimum Gasteiger partial charge on any atom is -0.480 e. The average molecular weight is 285 g/mol. The molecule has 9 nitrogen and oxygen atoms in total. The quantitative estimate of drug-likeness (QED) is 0.603. The number of hydrogen-bond acceptors (Lipinski definition) is 5. The predicted octanol–water partition coefficient (Wildman–Crippen LogP) is -1.90. The molecule has 0 aliphatic rings. The number of carboxylic acid groups (broad SMARTS) is 1. The molecule has 0 saturated carbocycles. The summed E-state index contributed by atoms with van der Waals surface area (Å²) in [4.78, 5) is 46.2. The van der Waals surface area contributed by atoms with Gasteiger partial charge in [-0.3, -0.25) is 24.3 Å². The number of hydrogen-bond donors (Lipinski definition) is 2. The van der Waals surface area contributed by atoms with E-state index >= 15 is 0 Å². The molecule has 110 valence electrons. The van der Waals surface area contributed by atoms with Crippen molar-refractivity contribution in [3.63, 3.8) is 0 Å². The van der Waals surface area contributed by atoms with Gasteiger partial charge in [0.05, 0.1) is 6.61 Å². The van der Waals surface area contributed by atoms with Crippen molar-refractivity contribution >= 4 is 11.9 Å². The zero-order valence-corrected chi connectivity index (χ0v) is 10.9. The fraction of sp³-hybridized carbons (Fsp3) is 0.455. The van der Waals surface area contributed by atoms with Crippen LogP contribution in [0.3, 0.4) is 0 Å². The van der Waals surface area contributed by atoms with Crippen molar-refractivity contribution in [1.29, 1.82) is 0 Å². The van der Waals surface area contributed by atoms with Gasteiger partial charge in [0.1, 0.15) is 13.1 Å². The summed E-state index contributed by atoms with van der Waals surface area (Å²) >= 11 is 0. The van der Waals surface area contributed by atoms with Gasteiger partial charge in [0.2, 0.25) is 5.91 Å². The number of carboxylic acids is 1. The van der Waals surface area contributed by atoms with Crippen molar-refractivity contribution in [1.82, 2.24) is 14.7 Å². The smallest absolute Gasteiger partial charge is 0.323 e. The number of aliphatic carboxylic acids is 1. The van der Waals surface area contributed by atoms with Crippen molar-refractivity contribution in [2.24, 2.45) is 0 Å². The summed E-state index contributed by atoms with van der Waals surface area (Å²) < 4.78 is 5.61. The van der Waals surface area contributed by atoms with Crippen molar-refractivity contribution in [2.45, 2.75) is 6.54 Å². The van der Waals surface area contributed by atoms with Gasteiger partial charge in [-0.15, -0.1) is 0 Å². The van der Waals surface area contributed by atoms with E-state index in [2.05, 4.69) is 5.10 Å². The number of rotatable bonds is 7. The Morgan fingerprint density at radius 1 is 1.40 bits per heavy atom. The molecule has 1 aromatic heterocycles. The number of amides is 1. The molecular formula is C11H15N3O6. The normalized spacial score (nSPS) is 10.2. The average Bonchev–Trinajstić information content (AvgIpc) is 2.38. The molecule has 0 aromatic carbocycles. The molecule has 20 heavy (non-hydrogen) atoms. The van der Waals surface area contributed by atoms with Gasteiger partial charge in [0.15, 0.2) is 0 Å². The van der Waals surface area contributed by atoms with E-state index in [0.717, 1.165) is 21.7 Å². The van der Waals surface area contributed by atoms with Crippen LogP contribution in [0.1, 0.15) is 0 Å². The molecule has 1 heterocycles. The summed E-state index contributed by atoms with van der Waals surface area (Å²) in [7, 11) is 1.42. The third-order valence-electron chi connectivity index (χ3n) is 2.43. The molecule has 1 aromatic rings. The Labute approximate surface area is 113 Å². The molecule has 0 spiro atoms. The molecule has 0 fully saturated rings. The highest BCUT2D eigenvalue weighted by atomic mass is 16.5. The first-order chi connectivity index (χ1) is 9.43. The van der Waals surface area contributed by atoms with Crippen LogP contribution in [-0.4, -0.2) is 58.5 Å². The summed E-state index contributed by atoms with van der Waals surface area (Å²) in [6, 6.07) is 2.08. The zero-order valence-electron chi connectivity index (χ0n) is 10.9. The van der Waals surface area contributed by atoms with Crippen molar-refractivity contribution in [3.05, 3.63) is 32.8 Å². The second-order valence-corrected chi connectivity index (χ2v) is 3.94. The van der Waals surface area contributed by atoms with Crippen molar-refractivity contribution < 1.29 is 19.4 Å². The van der Waals surface area contributed by atoms with Crippen LogP contribution >= 0.6 is 0 Å². The van der Waals surface area contributed by atoms with Crippen LogP contribution < -0.4 is 11.1 Å². The topological polar surface area (TPSA) is 122 Å². The molecule has 0 saturated heterocycles. The lowest BCUT2D eigenvalue weighted by molar-refractivity contribution is -0.145. The minimum atomic E-state index is -1.18. The lowest BCUT2D eigenvalue weighted by Gasteiger charge is -2.20. The van der Waals surface area contributed by atoms with E-state index in [1.807, 2.05) is 0 Å². The first kappa shape index (κ1) is 15.6. The van der Waals surface area contributed by atoms with Gasteiger partial charge >= 0.3 is 5.97 Å². The van der Waals surface area contributed by atoms with Gasteiger partial charge in [-0.2, -0.15) is 0 Å². The second-order valence-electron chi connectivity index (χ2n) is 3.94. The molecule has 0 aliphatic carbocycles. The van der Waals surface area contributed by atoms with Crippen LogP contribution in [0.5, 0.6) is 0 Å². The summed E-state index contributed by atoms with van der Waals surface area (Å²) in [5, 5.41) is 10.9. The molecule has 9 heteroatoms. The van der Waals surface area contributed by atoms with Crippen molar-refractivity contribution in [3.8, 4) is 0 Å². The van der Waals surface area contributed by atoms with Crippen molar-refractivity contribution in [2.75, 3.05) is 26.8 Å². The first-order valence-electron chi connectivity index (χ1n) is 5.72. The van der Waals surface area contributed by atoms with Gasteiger partial charge in [0, 0.05) is 25.8 Å². The maximum atomic E-state index is 11.9. The summed E-state index contributed by atoms with van der Waals surface area (Å²) in [5.74, 6) is -1.78. The van der Waals surface area contributed by atoms with E-state index < -0.39 is 36.1 Å².